The number of nitrogens with one attached hydrogen (secondary N) is 1. The van der Waals surface area contributed by atoms with Crippen LogP contribution in [-0.4, -0.2) is 80.8 Å². The lowest BCUT2D eigenvalue weighted by Gasteiger charge is -2.27. The summed E-state index contributed by atoms with van der Waals surface area (Å²) in [5.41, 5.74) is 3.68. The van der Waals surface area contributed by atoms with E-state index in [1.807, 2.05) is 6.07 Å². The number of ether oxygens (including phenoxy) is 1. The number of ketones is 2. The summed E-state index contributed by atoms with van der Waals surface area (Å²) >= 11 is 6.21. The zero-order valence-electron chi connectivity index (χ0n) is 24.6. The molecule has 230 valence electrons. The Hall–Kier alpha value is -5.00. The normalized spacial score (nSPS) is 13.9. The summed E-state index contributed by atoms with van der Waals surface area (Å²) in [4.78, 5) is 53.4. The Labute approximate surface area is 264 Å². The highest BCUT2D eigenvalue weighted by Gasteiger charge is 2.23. The second-order valence-corrected chi connectivity index (χ2v) is 11.0. The lowest BCUT2D eigenvalue weighted by atomic mass is 9.96. The monoisotopic (exact) mass is 626 g/mol. The molecule has 45 heavy (non-hydrogen) atoms. The fraction of sp³-hybridized carbons (Fsp3) is 0.242. The molecule has 1 aliphatic heterocycles. The Morgan fingerprint density at radius 3 is 2.47 bits per heavy atom. The second-order valence-electron chi connectivity index (χ2n) is 10.6. The summed E-state index contributed by atoms with van der Waals surface area (Å²) in [7, 11) is 0. The first-order valence-electron chi connectivity index (χ1n) is 14.4. The minimum absolute atomic E-state index is 0.0387. The number of carbonyl (C=O) groups excluding carboxylic acids is 4. The van der Waals surface area contributed by atoms with E-state index in [2.05, 4.69) is 20.8 Å². The van der Waals surface area contributed by atoms with Gasteiger partial charge in [-0.3, -0.25) is 19.2 Å². The molecule has 1 N–H and O–H groups in total. The van der Waals surface area contributed by atoms with Gasteiger partial charge in [0.15, 0.2) is 11.6 Å². The van der Waals surface area contributed by atoms with Gasteiger partial charge in [-0.2, -0.15) is 4.68 Å². The quantitative estimate of drug-likeness (QED) is 0.197. The van der Waals surface area contributed by atoms with Crippen LogP contribution in [0.5, 0.6) is 0 Å². The van der Waals surface area contributed by atoms with Crippen LogP contribution in [-0.2, 0) is 27.2 Å². The van der Waals surface area contributed by atoms with Gasteiger partial charge in [0.2, 0.25) is 5.91 Å². The van der Waals surface area contributed by atoms with Crippen molar-refractivity contribution in [3.63, 3.8) is 0 Å². The number of nitrogens with zero attached hydrogens (tertiary/aromatic N) is 5. The van der Waals surface area contributed by atoms with Gasteiger partial charge in [0, 0.05) is 47.3 Å². The van der Waals surface area contributed by atoms with Crippen molar-refractivity contribution in [2.75, 3.05) is 26.3 Å². The highest BCUT2D eigenvalue weighted by atomic mass is 35.5. The maximum atomic E-state index is 13.6. The molecule has 3 aromatic carbocycles. The van der Waals surface area contributed by atoms with E-state index in [9.17, 15) is 19.2 Å². The minimum atomic E-state index is -0.901. The SMILES string of the molecule is CC(=O)c1ccc(CC(=O)C(Cc2cccc(C(=O)N3CCOCC3)c2)NC(=O)/C=C/c2cc(Cl)ccc2-n2cnnn2)cc1. The van der Waals surface area contributed by atoms with Crippen molar-refractivity contribution in [1.29, 1.82) is 0 Å². The van der Waals surface area contributed by atoms with Gasteiger partial charge in [0.05, 0.1) is 24.9 Å². The van der Waals surface area contributed by atoms with Crippen LogP contribution in [0, 0.1) is 0 Å². The van der Waals surface area contributed by atoms with E-state index in [1.54, 1.807) is 71.6 Å². The van der Waals surface area contributed by atoms with Crippen LogP contribution in [0.25, 0.3) is 11.8 Å². The molecule has 2 heterocycles. The number of hydrogen-bond donors (Lipinski definition) is 1. The Morgan fingerprint density at radius 2 is 1.76 bits per heavy atom. The van der Waals surface area contributed by atoms with Crippen molar-refractivity contribution in [1.82, 2.24) is 30.4 Å². The van der Waals surface area contributed by atoms with Gasteiger partial charge in [-0.05, 0) is 71.3 Å². The van der Waals surface area contributed by atoms with Gasteiger partial charge >= 0.3 is 0 Å². The molecule has 0 spiro atoms. The topological polar surface area (TPSA) is 136 Å². The highest BCUT2D eigenvalue weighted by molar-refractivity contribution is 6.30. The lowest BCUT2D eigenvalue weighted by molar-refractivity contribution is -0.125. The molecule has 0 bridgehead atoms. The summed E-state index contributed by atoms with van der Waals surface area (Å²) < 4.78 is 6.81. The molecule has 0 saturated carbocycles. The van der Waals surface area contributed by atoms with Crippen molar-refractivity contribution in [2.45, 2.75) is 25.8 Å². The molecular weight excluding hydrogens is 596 g/mol. The maximum Gasteiger partial charge on any atom is 0.254 e. The maximum absolute atomic E-state index is 13.6. The Morgan fingerprint density at radius 1 is 0.978 bits per heavy atom. The smallest absolute Gasteiger partial charge is 0.254 e. The molecule has 1 atom stereocenters. The number of carbonyl (C=O) groups is 4. The molecular formula is C33H31ClN6O5. The Bertz CT molecular complexity index is 1720. The van der Waals surface area contributed by atoms with Gasteiger partial charge in [-0.1, -0.05) is 48.0 Å². The highest BCUT2D eigenvalue weighted by Crippen LogP contribution is 2.20. The van der Waals surface area contributed by atoms with Gasteiger partial charge < -0.3 is 15.0 Å². The van der Waals surface area contributed by atoms with Gasteiger partial charge in [-0.15, -0.1) is 5.10 Å². The molecule has 11 nitrogen and oxygen atoms in total. The number of aromatic nitrogens is 4. The van der Waals surface area contributed by atoms with E-state index < -0.39 is 11.9 Å². The third-order valence-electron chi connectivity index (χ3n) is 7.36. The fourth-order valence-electron chi connectivity index (χ4n) is 4.97. The van der Waals surface area contributed by atoms with Crippen LogP contribution in [0.1, 0.15) is 44.3 Å². The Kier molecular flexibility index (Phi) is 10.2. The van der Waals surface area contributed by atoms with Crippen molar-refractivity contribution in [3.05, 3.63) is 112 Å². The average Bonchev–Trinajstić information content (AvgIpc) is 3.59. The summed E-state index contributed by atoms with van der Waals surface area (Å²) in [6, 6.07) is 18.1. The van der Waals surface area contributed by atoms with Crippen molar-refractivity contribution >= 4 is 41.1 Å². The molecule has 1 aliphatic rings. The van der Waals surface area contributed by atoms with Crippen LogP contribution in [0.2, 0.25) is 5.02 Å². The van der Waals surface area contributed by atoms with Gasteiger partial charge in [0.1, 0.15) is 6.33 Å². The van der Waals surface area contributed by atoms with Crippen molar-refractivity contribution in [3.8, 4) is 5.69 Å². The van der Waals surface area contributed by atoms with Gasteiger partial charge in [0.25, 0.3) is 5.91 Å². The number of tetrazole rings is 1. The van der Waals surface area contributed by atoms with E-state index in [-0.39, 0.29) is 30.3 Å². The van der Waals surface area contributed by atoms with E-state index in [0.29, 0.717) is 59.3 Å². The number of morpholine rings is 1. The molecule has 0 radical (unpaired) electrons. The molecule has 4 aromatic rings. The van der Waals surface area contributed by atoms with E-state index in [1.165, 1.54) is 24.0 Å². The first kappa shape index (κ1) is 31.4. The molecule has 5 rings (SSSR count). The van der Waals surface area contributed by atoms with E-state index in [0.717, 1.165) is 5.56 Å². The lowest BCUT2D eigenvalue weighted by Crippen LogP contribution is -2.42. The zero-order chi connectivity index (χ0) is 31.8. The van der Waals surface area contributed by atoms with Crippen molar-refractivity contribution < 1.29 is 23.9 Å². The van der Waals surface area contributed by atoms with Crippen LogP contribution in [0.4, 0.5) is 0 Å². The fourth-order valence-corrected chi connectivity index (χ4v) is 5.15. The molecule has 2 amide bonds. The molecule has 1 unspecified atom stereocenters. The molecule has 0 aliphatic carbocycles. The van der Waals surface area contributed by atoms with Gasteiger partial charge in [-0.25, -0.2) is 0 Å². The first-order valence-corrected chi connectivity index (χ1v) is 14.7. The molecule has 12 heteroatoms. The largest absolute Gasteiger partial charge is 0.378 e. The summed E-state index contributed by atoms with van der Waals surface area (Å²) in [5.74, 6) is -0.905. The summed E-state index contributed by atoms with van der Waals surface area (Å²) in [6.07, 6.45) is 4.52. The average molecular weight is 627 g/mol. The minimum Gasteiger partial charge on any atom is -0.378 e. The number of hydrogen-bond acceptors (Lipinski definition) is 8. The van der Waals surface area contributed by atoms with Crippen LogP contribution in [0.3, 0.4) is 0 Å². The first-order chi connectivity index (χ1) is 21.8. The van der Waals surface area contributed by atoms with Crippen LogP contribution in [0.15, 0.2) is 79.1 Å². The predicted octanol–water partition coefficient (Wildman–Crippen LogP) is 3.54. The third kappa shape index (κ3) is 8.34. The van der Waals surface area contributed by atoms with Crippen LogP contribution < -0.4 is 5.32 Å². The second kappa shape index (κ2) is 14.7. The Balaban J connectivity index is 1.36. The standard InChI is InChI=1S/C33H31ClN6O5/c1-22(41)25-7-5-23(6-8-25)19-31(42)29(18-24-3-2-4-27(17-24)33(44)39-13-15-45-16-14-39)36-32(43)12-9-26-20-28(34)10-11-30(26)40-21-35-37-38-40/h2-12,17,20-21,29H,13-16,18-19H2,1H3,(H,36,43)/b12-9+. The number of amides is 2. The summed E-state index contributed by atoms with van der Waals surface area (Å²) in [5, 5.41) is 14.5. The molecule has 1 fully saturated rings. The molecule has 1 saturated heterocycles. The van der Waals surface area contributed by atoms with Crippen molar-refractivity contribution in [2.24, 2.45) is 0 Å². The summed E-state index contributed by atoms with van der Waals surface area (Å²) in [6.45, 7) is 3.47. The number of rotatable bonds is 11. The number of benzene rings is 3. The predicted molar refractivity (Wildman–Crippen MR) is 167 cm³/mol. The third-order valence-corrected chi connectivity index (χ3v) is 7.59. The van der Waals surface area contributed by atoms with E-state index in [4.69, 9.17) is 16.3 Å². The number of halogens is 1. The number of Topliss-reactive ketones (excluding diaryl/α,β-unsaturated/α-hetero) is 2. The zero-order valence-corrected chi connectivity index (χ0v) is 25.3. The molecule has 1 aromatic heterocycles. The van der Waals surface area contributed by atoms with E-state index >= 15 is 0 Å². The van der Waals surface area contributed by atoms with Crippen LogP contribution >= 0.6 is 11.6 Å².